The molecular formula is C18H22N2O2S2. The summed E-state index contributed by atoms with van der Waals surface area (Å²) >= 11 is 1.78. The maximum absolute atomic E-state index is 13.2. The fourth-order valence-electron chi connectivity index (χ4n) is 2.87. The summed E-state index contributed by atoms with van der Waals surface area (Å²) in [5, 5.41) is 3.47. The van der Waals surface area contributed by atoms with Gasteiger partial charge in [0, 0.05) is 6.04 Å². The van der Waals surface area contributed by atoms with Crippen LogP contribution >= 0.6 is 11.8 Å². The summed E-state index contributed by atoms with van der Waals surface area (Å²) < 4.78 is 27.9. The van der Waals surface area contributed by atoms with Crippen molar-refractivity contribution in [1.29, 1.82) is 0 Å². The molecule has 128 valence electrons. The number of benzene rings is 2. The highest BCUT2D eigenvalue weighted by atomic mass is 32.2. The van der Waals surface area contributed by atoms with Gasteiger partial charge in [0.25, 0.3) is 10.0 Å². The molecule has 6 heteroatoms. The largest absolute Gasteiger partial charge is 0.379 e. The van der Waals surface area contributed by atoms with Crippen LogP contribution in [-0.2, 0) is 10.0 Å². The van der Waals surface area contributed by atoms with Crippen molar-refractivity contribution in [2.45, 2.75) is 24.3 Å². The summed E-state index contributed by atoms with van der Waals surface area (Å²) in [5.41, 5.74) is 2.65. The number of hydrogen-bond acceptors (Lipinski definition) is 4. The molecule has 0 aliphatic carbocycles. The van der Waals surface area contributed by atoms with Gasteiger partial charge in [0.1, 0.15) is 0 Å². The van der Waals surface area contributed by atoms with Gasteiger partial charge in [-0.1, -0.05) is 29.8 Å². The first-order valence-electron chi connectivity index (χ1n) is 7.96. The normalized spacial score (nSPS) is 17.2. The fraction of sp³-hybridized carbons (Fsp3) is 0.333. The molecule has 2 aromatic rings. The van der Waals surface area contributed by atoms with Crippen molar-refractivity contribution in [3.63, 3.8) is 0 Å². The summed E-state index contributed by atoms with van der Waals surface area (Å²) in [4.78, 5) is 0.341. The first kappa shape index (κ1) is 17.2. The van der Waals surface area contributed by atoms with E-state index in [-0.39, 0.29) is 6.04 Å². The van der Waals surface area contributed by atoms with E-state index in [9.17, 15) is 8.42 Å². The Bertz CT molecular complexity index is 804. The van der Waals surface area contributed by atoms with Gasteiger partial charge < -0.3 is 5.32 Å². The van der Waals surface area contributed by atoms with Crippen molar-refractivity contribution in [3.05, 3.63) is 54.1 Å². The molecule has 1 aliphatic rings. The van der Waals surface area contributed by atoms with Gasteiger partial charge in [0.05, 0.1) is 22.8 Å². The highest BCUT2D eigenvalue weighted by Crippen LogP contribution is 2.35. The number of hydrogen-bond donors (Lipinski definition) is 1. The van der Waals surface area contributed by atoms with Crippen LogP contribution in [0.5, 0.6) is 0 Å². The quantitative estimate of drug-likeness (QED) is 0.880. The van der Waals surface area contributed by atoms with E-state index in [1.807, 2.05) is 43.3 Å². The minimum Gasteiger partial charge on any atom is -0.379 e. The Morgan fingerprint density at radius 2 is 1.88 bits per heavy atom. The van der Waals surface area contributed by atoms with Crippen LogP contribution in [0.4, 0.5) is 11.4 Å². The molecule has 1 N–H and O–H groups in total. The third-order valence-corrected chi connectivity index (χ3v) is 6.64. The molecule has 0 amide bonds. The zero-order chi connectivity index (χ0) is 17.2. The van der Waals surface area contributed by atoms with Gasteiger partial charge in [-0.25, -0.2) is 8.42 Å². The number of nitrogens with zero attached hydrogens (tertiary/aromatic N) is 1. The van der Waals surface area contributed by atoms with Crippen LogP contribution in [0.3, 0.4) is 0 Å². The first-order valence-corrected chi connectivity index (χ1v) is 10.8. The van der Waals surface area contributed by atoms with Crippen molar-refractivity contribution < 1.29 is 8.42 Å². The topological polar surface area (TPSA) is 49.4 Å². The van der Waals surface area contributed by atoms with Crippen molar-refractivity contribution >= 4 is 33.2 Å². The van der Waals surface area contributed by atoms with Gasteiger partial charge >= 0.3 is 0 Å². The van der Waals surface area contributed by atoms with E-state index >= 15 is 0 Å². The molecule has 1 aliphatic heterocycles. The van der Waals surface area contributed by atoms with E-state index in [2.05, 4.69) is 11.6 Å². The van der Waals surface area contributed by atoms with E-state index in [0.717, 1.165) is 29.1 Å². The lowest BCUT2D eigenvalue weighted by Gasteiger charge is -2.36. The molecule has 1 atom stereocenters. The Kier molecular flexibility index (Phi) is 5.06. The van der Waals surface area contributed by atoms with E-state index < -0.39 is 10.0 Å². The molecule has 0 fully saturated rings. The van der Waals surface area contributed by atoms with Gasteiger partial charge in [-0.2, -0.15) is 11.8 Å². The molecule has 2 aromatic carbocycles. The number of rotatable bonds is 5. The second-order valence-electron chi connectivity index (χ2n) is 5.99. The number of sulfonamides is 1. The average Bonchev–Trinajstić information content (AvgIpc) is 2.59. The van der Waals surface area contributed by atoms with E-state index in [1.165, 1.54) is 0 Å². The van der Waals surface area contributed by atoms with E-state index in [4.69, 9.17) is 0 Å². The molecule has 0 unspecified atom stereocenters. The Hall–Kier alpha value is -1.66. The van der Waals surface area contributed by atoms with Crippen LogP contribution in [0.25, 0.3) is 0 Å². The Balaban J connectivity index is 1.99. The van der Waals surface area contributed by atoms with Crippen LogP contribution in [0.1, 0.15) is 12.0 Å². The number of thioether (sulfide) groups is 1. The Morgan fingerprint density at radius 1 is 1.17 bits per heavy atom. The highest BCUT2D eigenvalue weighted by Gasteiger charge is 2.32. The lowest BCUT2D eigenvalue weighted by Crippen LogP contribution is -2.45. The van der Waals surface area contributed by atoms with Crippen LogP contribution in [0.2, 0.25) is 0 Å². The van der Waals surface area contributed by atoms with Crippen molar-refractivity contribution in [2.75, 3.05) is 28.2 Å². The monoisotopic (exact) mass is 362 g/mol. The first-order chi connectivity index (χ1) is 11.5. The lowest BCUT2D eigenvalue weighted by atomic mass is 10.1. The third-order valence-electron chi connectivity index (χ3n) is 4.20. The SMILES string of the molecule is CSCC[C@H]1CN(S(=O)(=O)c2ccc(C)cc2)c2ccccc2N1. The van der Waals surface area contributed by atoms with Gasteiger partial charge in [-0.05, 0) is 49.6 Å². The molecule has 24 heavy (non-hydrogen) atoms. The minimum absolute atomic E-state index is 0.118. The molecule has 0 saturated heterocycles. The summed E-state index contributed by atoms with van der Waals surface area (Å²) in [6, 6.07) is 14.8. The second-order valence-corrected chi connectivity index (χ2v) is 8.84. The average molecular weight is 363 g/mol. The van der Waals surface area contributed by atoms with Crippen LogP contribution < -0.4 is 9.62 Å². The lowest BCUT2D eigenvalue weighted by molar-refractivity contribution is 0.582. The van der Waals surface area contributed by atoms with Crippen molar-refractivity contribution in [3.8, 4) is 0 Å². The maximum Gasteiger partial charge on any atom is 0.264 e. The molecule has 4 nitrogen and oxygen atoms in total. The standard InChI is InChI=1S/C18H22N2O2S2/c1-14-7-9-16(10-8-14)24(21,22)20-13-15(11-12-23-2)19-17-5-3-4-6-18(17)20/h3-10,15,19H,11-13H2,1-2H3/t15-/m0/s1. The minimum atomic E-state index is -3.56. The summed E-state index contributed by atoms with van der Waals surface area (Å²) in [6.07, 6.45) is 2.99. The molecule has 0 spiro atoms. The predicted octanol–water partition coefficient (Wildman–Crippen LogP) is 3.74. The summed E-state index contributed by atoms with van der Waals surface area (Å²) in [7, 11) is -3.56. The number of anilines is 2. The van der Waals surface area contributed by atoms with Crippen LogP contribution in [-0.4, -0.2) is 33.0 Å². The second kappa shape index (κ2) is 7.07. The summed E-state index contributed by atoms with van der Waals surface area (Å²) in [5.74, 6) is 0.998. The summed E-state index contributed by atoms with van der Waals surface area (Å²) in [6.45, 7) is 2.41. The van der Waals surface area contributed by atoms with Gasteiger partial charge in [0.2, 0.25) is 0 Å². The zero-order valence-corrected chi connectivity index (χ0v) is 15.5. The van der Waals surface area contributed by atoms with E-state index in [0.29, 0.717) is 11.4 Å². The van der Waals surface area contributed by atoms with Gasteiger partial charge in [0.15, 0.2) is 0 Å². The molecule has 0 saturated carbocycles. The van der Waals surface area contributed by atoms with Gasteiger partial charge in [-0.3, -0.25) is 4.31 Å². The third kappa shape index (κ3) is 3.39. The highest BCUT2D eigenvalue weighted by molar-refractivity contribution is 7.98. The molecule has 0 bridgehead atoms. The molecule has 1 heterocycles. The molecule has 3 rings (SSSR count). The predicted molar refractivity (Wildman–Crippen MR) is 103 cm³/mol. The molecular weight excluding hydrogens is 340 g/mol. The number of aryl methyl sites for hydroxylation is 1. The Labute approximate surface area is 148 Å². The van der Waals surface area contributed by atoms with E-state index in [1.54, 1.807) is 28.2 Å². The van der Waals surface area contributed by atoms with Gasteiger partial charge in [-0.15, -0.1) is 0 Å². The zero-order valence-electron chi connectivity index (χ0n) is 13.9. The number of fused-ring (bicyclic) bond motifs is 1. The number of para-hydroxylation sites is 2. The fourth-order valence-corrected chi connectivity index (χ4v) is 4.91. The van der Waals surface area contributed by atoms with Crippen LogP contribution in [0, 0.1) is 6.92 Å². The van der Waals surface area contributed by atoms with Crippen molar-refractivity contribution in [1.82, 2.24) is 0 Å². The molecule has 0 aromatic heterocycles. The Morgan fingerprint density at radius 3 is 2.58 bits per heavy atom. The number of nitrogens with one attached hydrogen (secondary N) is 1. The smallest absolute Gasteiger partial charge is 0.264 e. The maximum atomic E-state index is 13.2. The van der Waals surface area contributed by atoms with Crippen molar-refractivity contribution in [2.24, 2.45) is 0 Å². The van der Waals surface area contributed by atoms with Crippen LogP contribution in [0.15, 0.2) is 53.4 Å². The molecule has 0 radical (unpaired) electrons.